The van der Waals surface area contributed by atoms with Crippen molar-refractivity contribution < 1.29 is 4.42 Å². The summed E-state index contributed by atoms with van der Waals surface area (Å²) in [4.78, 5) is 13.2. The first-order valence-corrected chi connectivity index (χ1v) is 7.51. The van der Waals surface area contributed by atoms with E-state index in [0.29, 0.717) is 5.15 Å². The molecule has 0 amide bonds. The van der Waals surface area contributed by atoms with Gasteiger partial charge in [0.1, 0.15) is 10.9 Å². The van der Waals surface area contributed by atoms with Gasteiger partial charge in [-0.2, -0.15) is 0 Å². The molecule has 3 rings (SSSR count). The summed E-state index contributed by atoms with van der Waals surface area (Å²) in [5, 5.41) is 0.542. The first-order valence-electron chi connectivity index (χ1n) is 7.13. The Morgan fingerprint density at radius 1 is 1.24 bits per heavy atom. The van der Waals surface area contributed by atoms with Gasteiger partial charge in [0.2, 0.25) is 5.89 Å². The molecule has 2 aromatic rings. The molecule has 5 nitrogen and oxygen atoms in total. The number of halogens is 1. The number of pyridine rings is 1. The number of nitrogens with zero attached hydrogens (tertiary/aromatic N) is 4. The standard InChI is InChI=1S/C15H19ClN4O/c1-11-12(2)21-15(18-11)10-19-5-7-20(8-6-19)13-3-4-17-14(16)9-13/h3-4,9H,5-8,10H2,1-2H3. The molecular weight excluding hydrogens is 288 g/mol. The zero-order valence-corrected chi connectivity index (χ0v) is 13.1. The van der Waals surface area contributed by atoms with Crippen LogP contribution in [0, 0.1) is 13.8 Å². The average molecular weight is 307 g/mol. The maximum atomic E-state index is 5.95. The van der Waals surface area contributed by atoms with E-state index in [9.17, 15) is 0 Å². The zero-order chi connectivity index (χ0) is 14.8. The smallest absolute Gasteiger partial charge is 0.208 e. The molecule has 0 unspecified atom stereocenters. The minimum Gasteiger partial charge on any atom is -0.444 e. The van der Waals surface area contributed by atoms with E-state index in [4.69, 9.17) is 16.0 Å². The number of aryl methyl sites for hydroxylation is 2. The molecule has 1 saturated heterocycles. The Kier molecular flexibility index (Phi) is 4.12. The van der Waals surface area contributed by atoms with Crippen molar-refractivity contribution in [2.45, 2.75) is 20.4 Å². The first kappa shape index (κ1) is 14.4. The van der Waals surface area contributed by atoms with Gasteiger partial charge in [-0.15, -0.1) is 0 Å². The van der Waals surface area contributed by atoms with Gasteiger partial charge in [0, 0.05) is 38.1 Å². The van der Waals surface area contributed by atoms with Crippen molar-refractivity contribution in [3.63, 3.8) is 0 Å². The molecule has 0 bridgehead atoms. The number of rotatable bonds is 3. The van der Waals surface area contributed by atoms with Crippen LogP contribution < -0.4 is 4.90 Å². The van der Waals surface area contributed by atoms with Gasteiger partial charge >= 0.3 is 0 Å². The summed E-state index contributed by atoms with van der Waals surface area (Å²) in [5.74, 6) is 1.72. The minimum atomic E-state index is 0.542. The summed E-state index contributed by atoms with van der Waals surface area (Å²) in [6.07, 6.45) is 1.75. The summed E-state index contributed by atoms with van der Waals surface area (Å²) in [5.41, 5.74) is 2.12. The molecule has 112 valence electrons. The van der Waals surface area contributed by atoms with Crippen LogP contribution in [-0.2, 0) is 6.54 Å². The van der Waals surface area contributed by atoms with Crippen LogP contribution in [0.1, 0.15) is 17.3 Å². The van der Waals surface area contributed by atoms with Gasteiger partial charge in [0.05, 0.1) is 12.2 Å². The molecule has 0 saturated carbocycles. The third-order valence-electron chi connectivity index (χ3n) is 3.88. The Balaban J connectivity index is 1.57. The lowest BCUT2D eigenvalue weighted by Gasteiger charge is -2.35. The molecule has 1 fully saturated rings. The molecule has 21 heavy (non-hydrogen) atoms. The van der Waals surface area contributed by atoms with Gasteiger partial charge in [0.15, 0.2) is 0 Å². The molecule has 0 aromatic carbocycles. The fraction of sp³-hybridized carbons (Fsp3) is 0.467. The second-order valence-corrected chi connectivity index (χ2v) is 5.74. The van der Waals surface area contributed by atoms with Crippen LogP contribution >= 0.6 is 11.6 Å². The van der Waals surface area contributed by atoms with Crippen LogP contribution in [0.15, 0.2) is 22.7 Å². The number of piperazine rings is 1. The molecule has 1 aliphatic rings. The highest BCUT2D eigenvalue weighted by molar-refractivity contribution is 6.29. The third-order valence-corrected chi connectivity index (χ3v) is 4.09. The van der Waals surface area contributed by atoms with E-state index in [1.807, 2.05) is 26.0 Å². The van der Waals surface area contributed by atoms with Crippen LogP contribution in [0.2, 0.25) is 5.15 Å². The van der Waals surface area contributed by atoms with Gasteiger partial charge < -0.3 is 9.32 Å². The second kappa shape index (κ2) is 6.03. The van der Waals surface area contributed by atoms with Gasteiger partial charge in [-0.1, -0.05) is 11.6 Å². The van der Waals surface area contributed by atoms with Crippen molar-refractivity contribution in [2.24, 2.45) is 0 Å². The van der Waals surface area contributed by atoms with Crippen LogP contribution in [0.4, 0.5) is 5.69 Å². The topological polar surface area (TPSA) is 45.4 Å². The summed E-state index contributed by atoms with van der Waals surface area (Å²) >= 11 is 5.95. The van der Waals surface area contributed by atoms with Crippen LogP contribution in [0.3, 0.4) is 0 Å². The maximum Gasteiger partial charge on any atom is 0.208 e. The van der Waals surface area contributed by atoms with Crippen LogP contribution in [0.25, 0.3) is 0 Å². The van der Waals surface area contributed by atoms with E-state index in [-0.39, 0.29) is 0 Å². The SMILES string of the molecule is Cc1nc(CN2CCN(c3ccnc(Cl)c3)CC2)oc1C. The van der Waals surface area contributed by atoms with E-state index in [0.717, 1.165) is 55.8 Å². The lowest BCUT2D eigenvalue weighted by atomic mass is 10.2. The van der Waals surface area contributed by atoms with E-state index >= 15 is 0 Å². The third kappa shape index (κ3) is 3.36. The second-order valence-electron chi connectivity index (χ2n) is 5.35. The number of hydrogen-bond donors (Lipinski definition) is 0. The first-order chi connectivity index (χ1) is 10.1. The normalized spacial score (nSPS) is 16.4. The molecule has 3 heterocycles. The van der Waals surface area contributed by atoms with Gasteiger partial charge in [-0.05, 0) is 26.0 Å². The Morgan fingerprint density at radius 2 is 2.00 bits per heavy atom. The molecule has 2 aromatic heterocycles. The number of anilines is 1. The van der Waals surface area contributed by atoms with Crippen molar-refractivity contribution in [3.8, 4) is 0 Å². The highest BCUT2D eigenvalue weighted by atomic mass is 35.5. The molecule has 0 spiro atoms. The molecule has 0 aliphatic carbocycles. The zero-order valence-electron chi connectivity index (χ0n) is 12.3. The highest BCUT2D eigenvalue weighted by Crippen LogP contribution is 2.20. The van der Waals surface area contributed by atoms with Gasteiger partial charge in [-0.25, -0.2) is 9.97 Å². The van der Waals surface area contributed by atoms with E-state index < -0.39 is 0 Å². The lowest BCUT2D eigenvalue weighted by Crippen LogP contribution is -2.46. The largest absolute Gasteiger partial charge is 0.444 e. The van der Waals surface area contributed by atoms with E-state index in [1.54, 1.807) is 6.20 Å². The summed E-state index contributed by atoms with van der Waals surface area (Å²) in [6, 6.07) is 3.92. The average Bonchev–Trinajstić information content (AvgIpc) is 2.78. The monoisotopic (exact) mass is 306 g/mol. The van der Waals surface area contributed by atoms with Gasteiger partial charge in [0.25, 0.3) is 0 Å². The molecule has 0 atom stereocenters. The van der Waals surface area contributed by atoms with Crippen molar-refractivity contribution in [1.29, 1.82) is 0 Å². The van der Waals surface area contributed by atoms with Crippen molar-refractivity contribution in [3.05, 3.63) is 40.8 Å². The predicted octanol–water partition coefficient (Wildman–Crippen LogP) is 2.66. The van der Waals surface area contributed by atoms with E-state index in [2.05, 4.69) is 19.8 Å². The number of hydrogen-bond acceptors (Lipinski definition) is 5. The minimum absolute atomic E-state index is 0.542. The maximum absolute atomic E-state index is 5.95. The van der Waals surface area contributed by atoms with Crippen LogP contribution in [0.5, 0.6) is 0 Å². The molecule has 6 heteroatoms. The summed E-state index contributed by atoms with van der Waals surface area (Å²) < 4.78 is 5.65. The van der Waals surface area contributed by atoms with Crippen LogP contribution in [-0.4, -0.2) is 41.0 Å². The molecular formula is C15H19ClN4O. The van der Waals surface area contributed by atoms with Crippen molar-refractivity contribution in [2.75, 3.05) is 31.1 Å². The lowest BCUT2D eigenvalue weighted by molar-refractivity contribution is 0.225. The molecule has 0 N–H and O–H groups in total. The van der Waals surface area contributed by atoms with Gasteiger partial charge in [-0.3, -0.25) is 4.90 Å². The van der Waals surface area contributed by atoms with Crippen molar-refractivity contribution in [1.82, 2.24) is 14.9 Å². The predicted molar refractivity (Wildman–Crippen MR) is 82.7 cm³/mol. The quantitative estimate of drug-likeness (QED) is 0.816. The fourth-order valence-electron chi connectivity index (χ4n) is 2.55. The van der Waals surface area contributed by atoms with Crippen molar-refractivity contribution >= 4 is 17.3 Å². The number of aromatic nitrogens is 2. The number of oxazole rings is 1. The molecule has 0 radical (unpaired) electrons. The Hall–Kier alpha value is -1.59. The Bertz CT molecular complexity index is 600. The summed E-state index contributed by atoms with van der Waals surface area (Å²) in [7, 11) is 0. The van der Waals surface area contributed by atoms with E-state index in [1.165, 1.54) is 0 Å². The Labute approximate surface area is 129 Å². The molecule has 1 aliphatic heterocycles. The Morgan fingerprint density at radius 3 is 2.62 bits per heavy atom. The fourth-order valence-corrected chi connectivity index (χ4v) is 2.72. The summed E-state index contributed by atoms with van der Waals surface area (Å²) in [6.45, 7) is 8.63. The highest BCUT2D eigenvalue weighted by Gasteiger charge is 2.19.